The molecule has 110 valence electrons. The maximum atomic E-state index is 13.7. The van der Waals surface area contributed by atoms with Gasteiger partial charge in [-0.1, -0.05) is 46.0 Å². The van der Waals surface area contributed by atoms with Crippen molar-refractivity contribution in [3.05, 3.63) is 0 Å². The molecule has 1 aliphatic carbocycles. The first-order valence-corrected chi connectivity index (χ1v) is 6.98. The van der Waals surface area contributed by atoms with Crippen molar-refractivity contribution in [3.63, 3.8) is 0 Å². The lowest BCUT2D eigenvalue weighted by Crippen LogP contribution is -2.49. The largest absolute Gasteiger partial charge is 0.364 e. The van der Waals surface area contributed by atoms with Crippen LogP contribution in [-0.2, 0) is 9.59 Å². The number of carbonyl (C=O) groups excluding carboxylic acids is 2. The maximum absolute atomic E-state index is 13.7. The summed E-state index contributed by atoms with van der Waals surface area (Å²) >= 11 is 0. The molecular weight excluding hydrogens is 252 g/mol. The molecule has 0 radical (unpaired) electrons. The van der Waals surface area contributed by atoms with Crippen molar-refractivity contribution < 1.29 is 18.4 Å². The molecule has 0 amide bonds. The monoisotopic (exact) mass is 275 g/mol. The van der Waals surface area contributed by atoms with E-state index in [-0.39, 0.29) is 12.3 Å². The second-order valence-corrected chi connectivity index (χ2v) is 5.80. The fourth-order valence-corrected chi connectivity index (χ4v) is 2.61. The number of rotatable bonds is 6. The molecule has 5 heteroatoms. The highest BCUT2D eigenvalue weighted by molar-refractivity contribution is 6.11. The molecular formula is C14H23F2NO2. The van der Waals surface area contributed by atoms with Crippen LogP contribution in [0.25, 0.3) is 0 Å². The fraction of sp³-hybridized carbons (Fsp3) is 0.857. The normalized spacial score (nSPS) is 19.5. The molecule has 3 nitrogen and oxygen atoms in total. The molecule has 0 unspecified atom stereocenters. The Kier molecular flexibility index (Phi) is 5.59. The number of ketones is 2. The van der Waals surface area contributed by atoms with Crippen molar-refractivity contribution in [2.24, 2.45) is 17.6 Å². The summed E-state index contributed by atoms with van der Waals surface area (Å²) in [5, 5.41) is 0. The van der Waals surface area contributed by atoms with Crippen LogP contribution in [0.15, 0.2) is 0 Å². The number of nitrogens with two attached hydrogens (primary N) is 1. The van der Waals surface area contributed by atoms with Crippen LogP contribution in [0.2, 0.25) is 0 Å². The van der Waals surface area contributed by atoms with Crippen molar-refractivity contribution >= 4 is 11.6 Å². The van der Waals surface area contributed by atoms with Crippen LogP contribution in [0, 0.1) is 11.8 Å². The van der Waals surface area contributed by atoms with E-state index in [0.29, 0.717) is 0 Å². The molecule has 1 fully saturated rings. The van der Waals surface area contributed by atoms with Gasteiger partial charge in [0.25, 0.3) is 0 Å². The summed E-state index contributed by atoms with van der Waals surface area (Å²) in [4.78, 5) is 23.1. The predicted molar refractivity (Wildman–Crippen MR) is 69.0 cm³/mol. The molecule has 1 atom stereocenters. The highest BCUT2D eigenvalue weighted by atomic mass is 19.3. The minimum Gasteiger partial charge on any atom is -0.321 e. The Morgan fingerprint density at radius 1 is 1.16 bits per heavy atom. The van der Waals surface area contributed by atoms with Crippen LogP contribution in [-0.4, -0.2) is 23.5 Å². The molecule has 19 heavy (non-hydrogen) atoms. The van der Waals surface area contributed by atoms with E-state index < -0.39 is 29.4 Å². The fourth-order valence-electron chi connectivity index (χ4n) is 2.61. The third-order valence-corrected chi connectivity index (χ3v) is 3.79. The van der Waals surface area contributed by atoms with Crippen molar-refractivity contribution in [2.45, 2.75) is 64.3 Å². The lowest BCUT2D eigenvalue weighted by atomic mass is 9.83. The summed E-state index contributed by atoms with van der Waals surface area (Å²) in [7, 11) is 0. The number of halogens is 2. The first kappa shape index (κ1) is 16.2. The molecule has 0 spiro atoms. The summed E-state index contributed by atoms with van der Waals surface area (Å²) in [6.45, 7) is 2.71. The van der Waals surface area contributed by atoms with E-state index in [2.05, 4.69) is 0 Å². The van der Waals surface area contributed by atoms with Gasteiger partial charge in [0, 0.05) is 5.92 Å². The second kappa shape index (κ2) is 6.55. The van der Waals surface area contributed by atoms with Crippen LogP contribution in [0.5, 0.6) is 0 Å². The average molecular weight is 275 g/mol. The Hall–Kier alpha value is -0.840. The van der Waals surface area contributed by atoms with Gasteiger partial charge >= 0.3 is 5.92 Å². The van der Waals surface area contributed by atoms with Crippen LogP contribution in [0.3, 0.4) is 0 Å². The maximum Gasteiger partial charge on any atom is 0.364 e. The third-order valence-electron chi connectivity index (χ3n) is 3.79. The van der Waals surface area contributed by atoms with Gasteiger partial charge in [0.15, 0.2) is 0 Å². The zero-order chi connectivity index (χ0) is 14.6. The predicted octanol–water partition coefficient (Wildman–Crippen LogP) is 2.71. The molecule has 0 bridgehead atoms. The van der Waals surface area contributed by atoms with Gasteiger partial charge in [-0.05, 0) is 12.3 Å². The molecule has 1 saturated carbocycles. The number of carbonyl (C=O) groups is 2. The van der Waals surface area contributed by atoms with E-state index >= 15 is 0 Å². The van der Waals surface area contributed by atoms with Gasteiger partial charge in [-0.25, -0.2) is 0 Å². The Labute approximate surface area is 112 Å². The molecule has 1 rings (SSSR count). The van der Waals surface area contributed by atoms with Crippen LogP contribution in [0.4, 0.5) is 8.78 Å². The van der Waals surface area contributed by atoms with E-state index in [9.17, 15) is 18.4 Å². The Bertz CT molecular complexity index is 336. The van der Waals surface area contributed by atoms with Gasteiger partial charge in [0.1, 0.15) is 0 Å². The quantitative estimate of drug-likeness (QED) is 0.758. The molecule has 1 aliphatic rings. The first-order chi connectivity index (χ1) is 8.76. The van der Waals surface area contributed by atoms with Crippen molar-refractivity contribution in [1.29, 1.82) is 0 Å². The molecule has 2 N–H and O–H groups in total. The van der Waals surface area contributed by atoms with Gasteiger partial charge in [0.05, 0.1) is 6.04 Å². The third kappa shape index (κ3) is 4.06. The van der Waals surface area contributed by atoms with Gasteiger partial charge in [-0.15, -0.1) is 0 Å². The second-order valence-electron chi connectivity index (χ2n) is 5.80. The highest BCUT2D eigenvalue weighted by Crippen LogP contribution is 2.29. The molecule has 0 aromatic rings. The van der Waals surface area contributed by atoms with Crippen LogP contribution < -0.4 is 5.73 Å². The number of Topliss-reactive ketones (excluding diaryl/α,β-unsaturated/α-hetero) is 2. The highest BCUT2D eigenvalue weighted by Gasteiger charge is 2.49. The molecule has 0 aromatic carbocycles. The van der Waals surface area contributed by atoms with Gasteiger partial charge in [-0.2, -0.15) is 8.78 Å². The Morgan fingerprint density at radius 3 is 2.16 bits per heavy atom. The standard InChI is InChI=1S/C14H23F2NO2/c1-9(2)12(18)14(15,16)13(19)11(17)8-10-6-4-3-5-7-10/h9-11H,3-8,17H2,1-2H3/t11-/m0/s1. The van der Waals surface area contributed by atoms with E-state index in [1.54, 1.807) is 0 Å². The van der Waals surface area contributed by atoms with Crippen LogP contribution in [0.1, 0.15) is 52.4 Å². The average Bonchev–Trinajstić information content (AvgIpc) is 2.37. The number of hydrogen-bond acceptors (Lipinski definition) is 3. The molecule has 0 aromatic heterocycles. The minimum absolute atomic E-state index is 0.234. The summed E-state index contributed by atoms with van der Waals surface area (Å²) in [5.74, 6) is -7.34. The van der Waals surface area contributed by atoms with Crippen molar-refractivity contribution in [2.75, 3.05) is 0 Å². The summed E-state index contributed by atoms with van der Waals surface area (Å²) in [6.07, 6.45) is 5.41. The van der Waals surface area contributed by atoms with E-state index in [0.717, 1.165) is 32.1 Å². The minimum atomic E-state index is -3.94. The molecule has 0 heterocycles. The Balaban J connectivity index is 2.62. The number of hydrogen-bond donors (Lipinski definition) is 1. The number of alkyl halides is 2. The topological polar surface area (TPSA) is 60.2 Å². The summed E-state index contributed by atoms with van der Waals surface area (Å²) in [6, 6.07) is -1.24. The van der Waals surface area contributed by atoms with Gasteiger partial charge < -0.3 is 5.73 Å². The van der Waals surface area contributed by atoms with Gasteiger partial charge in [-0.3, -0.25) is 9.59 Å². The SMILES string of the molecule is CC(C)C(=O)C(F)(F)C(=O)[C@@H](N)CC1CCCCC1. The zero-order valence-corrected chi connectivity index (χ0v) is 11.6. The van der Waals surface area contributed by atoms with E-state index in [1.165, 1.54) is 13.8 Å². The Morgan fingerprint density at radius 2 is 1.68 bits per heavy atom. The zero-order valence-electron chi connectivity index (χ0n) is 11.6. The lowest BCUT2D eigenvalue weighted by Gasteiger charge is -2.26. The van der Waals surface area contributed by atoms with Gasteiger partial charge in [0.2, 0.25) is 11.6 Å². The van der Waals surface area contributed by atoms with E-state index in [4.69, 9.17) is 5.73 Å². The molecule has 0 saturated heterocycles. The first-order valence-electron chi connectivity index (χ1n) is 6.98. The molecule has 0 aliphatic heterocycles. The smallest absolute Gasteiger partial charge is 0.321 e. The van der Waals surface area contributed by atoms with Crippen molar-refractivity contribution in [1.82, 2.24) is 0 Å². The summed E-state index contributed by atoms with van der Waals surface area (Å²) in [5.41, 5.74) is 5.59. The summed E-state index contributed by atoms with van der Waals surface area (Å²) < 4.78 is 27.4. The van der Waals surface area contributed by atoms with Crippen LogP contribution >= 0.6 is 0 Å². The lowest BCUT2D eigenvalue weighted by molar-refractivity contribution is -0.160. The van der Waals surface area contributed by atoms with E-state index in [1.807, 2.05) is 0 Å². The van der Waals surface area contributed by atoms with Crippen molar-refractivity contribution in [3.8, 4) is 0 Å².